The highest BCUT2D eigenvalue weighted by molar-refractivity contribution is 14.0. The zero-order valence-electron chi connectivity index (χ0n) is 17.6. The lowest BCUT2D eigenvalue weighted by Crippen LogP contribution is -2.54. The number of rotatable bonds is 7. The van der Waals surface area contributed by atoms with Crippen molar-refractivity contribution in [1.82, 2.24) is 15.5 Å². The number of carbonyl (C=O) groups is 1. The minimum absolute atomic E-state index is 0. The van der Waals surface area contributed by atoms with Crippen LogP contribution in [0.25, 0.3) is 0 Å². The third-order valence-electron chi connectivity index (χ3n) is 5.04. The summed E-state index contributed by atoms with van der Waals surface area (Å²) in [4.78, 5) is 18.8. The SMILES string of the molecule is CCNC(=NCc1ccc(C(=O)OC)cc1)NCC(C)(C)N1CCCCC1.I. The molecule has 0 aromatic heterocycles. The number of aliphatic imine (C=N–C) groups is 1. The van der Waals surface area contributed by atoms with Gasteiger partial charge in [-0.2, -0.15) is 0 Å². The lowest BCUT2D eigenvalue weighted by atomic mass is 9.98. The largest absolute Gasteiger partial charge is 0.465 e. The number of nitrogens with zero attached hydrogens (tertiary/aromatic N) is 2. The van der Waals surface area contributed by atoms with Crippen molar-refractivity contribution >= 4 is 35.9 Å². The van der Waals surface area contributed by atoms with Crippen LogP contribution >= 0.6 is 24.0 Å². The summed E-state index contributed by atoms with van der Waals surface area (Å²) in [7, 11) is 1.39. The quantitative estimate of drug-likeness (QED) is 0.259. The van der Waals surface area contributed by atoms with Gasteiger partial charge in [-0.1, -0.05) is 18.6 Å². The van der Waals surface area contributed by atoms with E-state index in [2.05, 4.69) is 41.3 Å². The van der Waals surface area contributed by atoms with Crippen LogP contribution in [0, 0.1) is 0 Å². The molecule has 6 nitrogen and oxygen atoms in total. The number of methoxy groups -OCH3 is 1. The molecule has 1 aliphatic heterocycles. The molecule has 7 heteroatoms. The Morgan fingerprint density at radius 2 is 1.79 bits per heavy atom. The molecule has 1 aromatic rings. The molecule has 0 aliphatic carbocycles. The van der Waals surface area contributed by atoms with Gasteiger partial charge in [0.05, 0.1) is 19.2 Å². The van der Waals surface area contributed by atoms with Crippen LogP contribution in [0.4, 0.5) is 0 Å². The maximum Gasteiger partial charge on any atom is 0.337 e. The molecule has 158 valence electrons. The maximum atomic E-state index is 11.5. The number of carbonyl (C=O) groups excluding carboxylic acids is 1. The first kappa shape index (κ1) is 24.7. The standard InChI is InChI=1S/C21H34N4O2.HI/c1-5-22-20(24-16-21(2,3)25-13-7-6-8-14-25)23-15-17-9-11-18(12-10-17)19(26)27-4;/h9-12H,5-8,13-16H2,1-4H3,(H2,22,23,24);1H. The van der Waals surface area contributed by atoms with Gasteiger partial charge in [0.15, 0.2) is 5.96 Å². The van der Waals surface area contributed by atoms with Gasteiger partial charge in [-0.05, 0) is 64.4 Å². The number of ether oxygens (including phenoxy) is 1. The van der Waals surface area contributed by atoms with E-state index < -0.39 is 0 Å². The summed E-state index contributed by atoms with van der Waals surface area (Å²) < 4.78 is 4.73. The number of guanidine groups is 1. The lowest BCUT2D eigenvalue weighted by molar-refractivity contribution is 0.0600. The number of piperidine rings is 1. The Kier molecular flexibility index (Phi) is 10.8. The summed E-state index contributed by atoms with van der Waals surface area (Å²) in [5, 5.41) is 6.80. The predicted molar refractivity (Wildman–Crippen MR) is 126 cm³/mol. The Labute approximate surface area is 186 Å². The van der Waals surface area contributed by atoms with Crippen LogP contribution in [0.3, 0.4) is 0 Å². The van der Waals surface area contributed by atoms with E-state index in [0.717, 1.165) is 24.6 Å². The Morgan fingerprint density at radius 3 is 2.36 bits per heavy atom. The van der Waals surface area contributed by atoms with Crippen molar-refractivity contribution in [2.75, 3.05) is 33.3 Å². The van der Waals surface area contributed by atoms with E-state index in [1.54, 1.807) is 12.1 Å². The normalized spacial score (nSPS) is 15.5. The van der Waals surface area contributed by atoms with Crippen LogP contribution in [-0.2, 0) is 11.3 Å². The zero-order valence-corrected chi connectivity index (χ0v) is 19.9. The first-order valence-corrected chi connectivity index (χ1v) is 9.91. The number of nitrogens with one attached hydrogen (secondary N) is 2. The van der Waals surface area contributed by atoms with E-state index in [1.165, 1.54) is 39.5 Å². The molecule has 28 heavy (non-hydrogen) atoms. The molecule has 1 saturated heterocycles. The van der Waals surface area contributed by atoms with Gasteiger partial charge in [0.2, 0.25) is 0 Å². The van der Waals surface area contributed by atoms with E-state index in [9.17, 15) is 4.79 Å². The van der Waals surface area contributed by atoms with Crippen molar-refractivity contribution < 1.29 is 9.53 Å². The van der Waals surface area contributed by atoms with E-state index in [0.29, 0.717) is 12.1 Å². The van der Waals surface area contributed by atoms with Crippen molar-refractivity contribution in [3.63, 3.8) is 0 Å². The molecule has 1 aromatic carbocycles. The first-order valence-electron chi connectivity index (χ1n) is 9.91. The summed E-state index contributed by atoms with van der Waals surface area (Å²) in [6.07, 6.45) is 3.93. The van der Waals surface area contributed by atoms with Gasteiger partial charge in [-0.25, -0.2) is 9.79 Å². The van der Waals surface area contributed by atoms with Crippen LogP contribution in [0.15, 0.2) is 29.3 Å². The maximum absolute atomic E-state index is 11.5. The van der Waals surface area contributed by atoms with Crippen LogP contribution in [0.5, 0.6) is 0 Å². The molecule has 0 bridgehead atoms. The summed E-state index contributed by atoms with van der Waals surface area (Å²) in [5.41, 5.74) is 1.70. The molecule has 0 spiro atoms. The molecule has 0 saturated carbocycles. The molecule has 2 rings (SSSR count). The van der Waals surface area contributed by atoms with Crippen LogP contribution in [0.2, 0.25) is 0 Å². The Hall–Kier alpha value is -1.35. The van der Waals surface area contributed by atoms with Gasteiger partial charge < -0.3 is 15.4 Å². The topological polar surface area (TPSA) is 66.0 Å². The van der Waals surface area contributed by atoms with Crippen molar-refractivity contribution in [3.8, 4) is 0 Å². The molecule has 1 fully saturated rings. The van der Waals surface area contributed by atoms with E-state index in [1.807, 2.05) is 12.1 Å². The monoisotopic (exact) mass is 502 g/mol. The third-order valence-corrected chi connectivity index (χ3v) is 5.04. The predicted octanol–water partition coefficient (Wildman–Crippen LogP) is 3.41. The summed E-state index contributed by atoms with van der Waals surface area (Å²) in [6.45, 7) is 11.2. The summed E-state index contributed by atoms with van der Waals surface area (Å²) >= 11 is 0. The van der Waals surface area contributed by atoms with E-state index in [4.69, 9.17) is 4.74 Å². The number of benzene rings is 1. The Balaban J connectivity index is 0.00000392. The number of halogens is 1. The molecule has 0 amide bonds. The van der Waals surface area contributed by atoms with Gasteiger partial charge in [0.1, 0.15) is 0 Å². The van der Waals surface area contributed by atoms with Crippen LogP contribution < -0.4 is 10.6 Å². The van der Waals surface area contributed by atoms with Crippen molar-refractivity contribution in [2.45, 2.75) is 52.1 Å². The first-order chi connectivity index (χ1) is 13.0. The molecule has 1 heterocycles. The molecule has 2 N–H and O–H groups in total. The molecular formula is C21H35IN4O2. The highest BCUT2D eigenvalue weighted by atomic mass is 127. The number of hydrogen-bond donors (Lipinski definition) is 2. The number of esters is 1. The number of hydrogen-bond acceptors (Lipinski definition) is 4. The van der Waals surface area contributed by atoms with Crippen LogP contribution in [-0.4, -0.2) is 55.7 Å². The fraction of sp³-hybridized carbons (Fsp3) is 0.619. The Morgan fingerprint density at radius 1 is 1.14 bits per heavy atom. The minimum Gasteiger partial charge on any atom is -0.465 e. The third kappa shape index (κ3) is 7.58. The van der Waals surface area contributed by atoms with Gasteiger partial charge in [-0.15, -0.1) is 24.0 Å². The second-order valence-corrected chi connectivity index (χ2v) is 7.60. The fourth-order valence-corrected chi connectivity index (χ4v) is 3.29. The molecular weight excluding hydrogens is 467 g/mol. The zero-order chi connectivity index (χ0) is 19.7. The molecule has 1 aliphatic rings. The lowest BCUT2D eigenvalue weighted by Gasteiger charge is -2.41. The minimum atomic E-state index is -0.319. The highest BCUT2D eigenvalue weighted by Gasteiger charge is 2.27. The highest BCUT2D eigenvalue weighted by Crippen LogP contribution is 2.19. The second-order valence-electron chi connectivity index (χ2n) is 7.60. The molecule has 0 radical (unpaired) electrons. The van der Waals surface area contributed by atoms with Gasteiger partial charge in [-0.3, -0.25) is 4.90 Å². The average Bonchev–Trinajstić information content (AvgIpc) is 2.70. The molecule has 0 atom stereocenters. The van der Waals surface area contributed by atoms with E-state index >= 15 is 0 Å². The number of likely N-dealkylation sites (tertiary alicyclic amines) is 1. The summed E-state index contributed by atoms with van der Waals surface area (Å²) in [6, 6.07) is 7.38. The Bertz CT molecular complexity index is 626. The summed E-state index contributed by atoms with van der Waals surface area (Å²) in [5.74, 6) is 0.500. The van der Waals surface area contributed by atoms with Gasteiger partial charge in [0, 0.05) is 18.6 Å². The molecule has 0 unspecified atom stereocenters. The van der Waals surface area contributed by atoms with Gasteiger partial charge in [0.25, 0.3) is 0 Å². The average molecular weight is 502 g/mol. The smallest absolute Gasteiger partial charge is 0.337 e. The van der Waals surface area contributed by atoms with E-state index in [-0.39, 0.29) is 35.5 Å². The van der Waals surface area contributed by atoms with Crippen molar-refractivity contribution in [1.29, 1.82) is 0 Å². The van der Waals surface area contributed by atoms with Crippen molar-refractivity contribution in [3.05, 3.63) is 35.4 Å². The van der Waals surface area contributed by atoms with Crippen molar-refractivity contribution in [2.24, 2.45) is 4.99 Å². The van der Waals surface area contributed by atoms with Crippen LogP contribution in [0.1, 0.15) is 56.0 Å². The fourth-order valence-electron chi connectivity index (χ4n) is 3.29. The van der Waals surface area contributed by atoms with Gasteiger partial charge >= 0.3 is 5.97 Å². The second kappa shape index (κ2) is 12.3.